The minimum atomic E-state index is -0.0852. The van der Waals surface area contributed by atoms with Crippen molar-refractivity contribution in [3.8, 4) is 44.9 Å². The van der Waals surface area contributed by atoms with Gasteiger partial charge in [-0.05, 0) is 69.8 Å². The number of rotatable bonds is 4. The minimum Gasteiger partial charge on any atom is -0.457 e. The first-order valence-electron chi connectivity index (χ1n) is 18.1. The molecule has 11 rings (SSSR count). The highest BCUT2D eigenvalue weighted by atomic mass is 32.1. The first-order valence-corrected chi connectivity index (χ1v) is 18.9. The monoisotopic (exact) mass is 712 g/mol. The second-order valence-electron chi connectivity index (χ2n) is 14.6. The van der Waals surface area contributed by atoms with Crippen LogP contribution in [-0.4, -0.2) is 9.97 Å². The van der Waals surface area contributed by atoms with Crippen LogP contribution < -0.4 is 10.6 Å². The van der Waals surface area contributed by atoms with E-state index in [0.717, 1.165) is 80.8 Å². The molecule has 0 atom stereocenters. The molecule has 0 saturated heterocycles. The lowest BCUT2D eigenvalue weighted by atomic mass is 9.81. The normalized spacial score (nSPS) is 13.8. The molecule has 0 amide bonds. The number of aromatic nitrogens is 2. The fourth-order valence-electron chi connectivity index (χ4n) is 8.73. The van der Waals surface area contributed by atoms with Crippen molar-refractivity contribution in [2.45, 2.75) is 19.3 Å². The Bertz CT molecular complexity index is 3360. The molecular weight excluding hydrogens is 681 g/mol. The number of hydrogen-bond acceptors (Lipinski definition) is 5. The van der Waals surface area contributed by atoms with Crippen LogP contribution in [0, 0.1) is 0 Å². The van der Waals surface area contributed by atoms with Crippen molar-refractivity contribution >= 4 is 77.2 Å². The van der Waals surface area contributed by atoms with E-state index >= 15 is 0 Å². The summed E-state index contributed by atoms with van der Waals surface area (Å²) in [7, 11) is 0. The van der Waals surface area contributed by atoms with Gasteiger partial charge >= 0.3 is 0 Å². The molecule has 0 unspecified atom stereocenters. The molecule has 6 aromatic carbocycles. The van der Waals surface area contributed by atoms with E-state index in [-0.39, 0.29) is 5.41 Å². The van der Waals surface area contributed by atoms with Crippen LogP contribution in [0.25, 0.3) is 111 Å². The van der Waals surface area contributed by atoms with Gasteiger partial charge < -0.3 is 8.83 Å². The highest BCUT2D eigenvalue weighted by Gasteiger charge is 2.35. The minimum absolute atomic E-state index is 0.0852. The van der Waals surface area contributed by atoms with Gasteiger partial charge in [0.05, 0.1) is 5.69 Å². The molecular formula is C49H32N2O2S. The van der Waals surface area contributed by atoms with Gasteiger partial charge in [0.25, 0.3) is 0 Å². The maximum atomic E-state index is 6.30. The Hall–Kier alpha value is -6.56. The van der Waals surface area contributed by atoms with Gasteiger partial charge in [0.2, 0.25) is 0 Å². The van der Waals surface area contributed by atoms with E-state index in [0.29, 0.717) is 11.2 Å². The molecule has 1 aliphatic rings. The third-order valence-corrected chi connectivity index (χ3v) is 12.3. The van der Waals surface area contributed by atoms with Crippen molar-refractivity contribution in [3.05, 3.63) is 156 Å². The van der Waals surface area contributed by atoms with Gasteiger partial charge in [0.1, 0.15) is 27.0 Å². The number of furan rings is 2. The summed E-state index contributed by atoms with van der Waals surface area (Å²) >= 11 is 1.70. The summed E-state index contributed by atoms with van der Waals surface area (Å²) in [6.07, 6.45) is 3.75. The second-order valence-corrected chi connectivity index (χ2v) is 15.6. The first-order chi connectivity index (χ1) is 26.4. The third-order valence-electron chi connectivity index (χ3n) is 11.3. The van der Waals surface area contributed by atoms with E-state index < -0.39 is 0 Å². The fourth-order valence-corrected chi connectivity index (χ4v) is 9.78. The summed E-state index contributed by atoms with van der Waals surface area (Å²) in [5.41, 5.74) is 13.4. The van der Waals surface area contributed by atoms with E-state index in [1.165, 1.54) is 27.8 Å². The Morgan fingerprint density at radius 1 is 0.611 bits per heavy atom. The number of allylic oxidation sites excluding steroid dienone is 1. The highest BCUT2D eigenvalue weighted by Crippen LogP contribution is 2.50. The molecule has 0 N–H and O–H groups in total. The van der Waals surface area contributed by atoms with E-state index in [2.05, 4.69) is 106 Å². The predicted octanol–water partition coefficient (Wildman–Crippen LogP) is 12.2. The fraction of sp³-hybridized carbons (Fsp3) is 0.0612. The topological polar surface area (TPSA) is 52.1 Å². The maximum absolute atomic E-state index is 6.30. The molecule has 0 spiro atoms. The van der Waals surface area contributed by atoms with Crippen molar-refractivity contribution in [1.82, 2.24) is 9.97 Å². The molecule has 0 radical (unpaired) electrons. The van der Waals surface area contributed by atoms with E-state index in [9.17, 15) is 0 Å². The second kappa shape index (κ2) is 11.2. The number of benzene rings is 6. The lowest BCUT2D eigenvalue weighted by Crippen LogP contribution is -2.18. The van der Waals surface area contributed by atoms with Crippen LogP contribution in [0.2, 0.25) is 0 Å². The van der Waals surface area contributed by atoms with Crippen molar-refractivity contribution in [2.75, 3.05) is 0 Å². The Balaban J connectivity index is 1.20. The lowest BCUT2D eigenvalue weighted by molar-refractivity contribution is 0.577. The smallest absolute Gasteiger partial charge is 0.162 e. The van der Waals surface area contributed by atoms with E-state index in [4.69, 9.17) is 18.8 Å². The number of para-hydroxylation sites is 1. The Labute approximate surface area is 314 Å². The summed E-state index contributed by atoms with van der Waals surface area (Å²) < 4.78 is 13.7. The zero-order chi connectivity index (χ0) is 36.3. The molecule has 0 aliphatic heterocycles. The molecule has 0 saturated carbocycles. The van der Waals surface area contributed by atoms with Crippen molar-refractivity contribution < 1.29 is 8.83 Å². The molecule has 4 heterocycles. The van der Waals surface area contributed by atoms with Crippen molar-refractivity contribution in [2.24, 2.45) is 0 Å². The largest absolute Gasteiger partial charge is 0.457 e. The van der Waals surface area contributed by atoms with E-state index in [1.807, 2.05) is 48.5 Å². The van der Waals surface area contributed by atoms with Crippen LogP contribution in [0.1, 0.15) is 25.0 Å². The van der Waals surface area contributed by atoms with Crippen LogP contribution in [0.5, 0.6) is 0 Å². The molecule has 256 valence electrons. The third kappa shape index (κ3) is 4.30. The Kier molecular flexibility index (Phi) is 6.44. The van der Waals surface area contributed by atoms with Crippen LogP contribution >= 0.6 is 11.3 Å². The highest BCUT2D eigenvalue weighted by molar-refractivity contribution is 7.25. The summed E-state index contributed by atoms with van der Waals surface area (Å²) in [5.74, 6) is 0.645. The van der Waals surface area contributed by atoms with Gasteiger partial charge in [-0.3, -0.25) is 0 Å². The summed E-state index contributed by atoms with van der Waals surface area (Å²) in [4.78, 5) is 11.8. The molecule has 54 heavy (non-hydrogen) atoms. The number of hydrogen-bond donors (Lipinski definition) is 0. The number of fused-ring (bicyclic) bond motifs is 10. The van der Waals surface area contributed by atoms with Crippen LogP contribution in [0.4, 0.5) is 0 Å². The average molecular weight is 713 g/mol. The standard InChI is InChI=1S/C49H32N2O2S/c1-5-12-30-27(2)52-40-19-10-15-34(43(30)40)46-45-36-25-28(29-21-23-32-31-13-6-8-17-37(31)49(3,4)38(32)26-29)22-24-42(36)54-48(45)51-47(50-46)35-16-11-20-41-44(35)33-14-7-9-18-39(33)53-41/h5-26H,1-2H2,3-4H3/b30-12+. The Morgan fingerprint density at radius 3 is 2.19 bits per heavy atom. The van der Waals surface area contributed by atoms with E-state index in [1.54, 1.807) is 17.4 Å². The van der Waals surface area contributed by atoms with Gasteiger partial charge in [0.15, 0.2) is 5.82 Å². The molecule has 4 nitrogen and oxygen atoms in total. The first kappa shape index (κ1) is 31.0. The Morgan fingerprint density at radius 2 is 1.31 bits per heavy atom. The summed E-state index contributed by atoms with van der Waals surface area (Å²) in [6, 6.07) is 42.9. The molecule has 0 fully saturated rings. The predicted molar refractivity (Wildman–Crippen MR) is 225 cm³/mol. The van der Waals surface area contributed by atoms with Crippen LogP contribution in [0.15, 0.2) is 143 Å². The summed E-state index contributed by atoms with van der Waals surface area (Å²) in [5, 5.41) is 6.03. The quantitative estimate of drug-likeness (QED) is 0.182. The number of thiophene rings is 1. The molecule has 1 aliphatic carbocycles. The molecule has 10 aromatic rings. The van der Waals surface area contributed by atoms with Crippen molar-refractivity contribution in [1.29, 1.82) is 0 Å². The maximum Gasteiger partial charge on any atom is 0.162 e. The van der Waals surface area contributed by atoms with Crippen LogP contribution in [0.3, 0.4) is 0 Å². The summed E-state index contributed by atoms with van der Waals surface area (Å²) in [6.45, 7) is 12.9. The van der Waals surface area contributed by atoms with Gasteiger partial charge in [-0.2, -0.15) is 0 Å². The molecule has 0 bridgehead atoms. The van der Waals surface area contributed by atoms with Gasteiger partial charge in [0, 0.05) is 53.4 Å². The van der Waals surface area contributed by atoms with Gasteiger partial charge in [-0.25, -0.2) is 9.97 Å². The van der Waals surface area contributed by atoms with Crippen molar-refractivity contribution in [3.63, 3.8) is 0 Å². The lowest BCUT2D eigenvalue weighted by Gasteiger charge is -2.22. The number of nitrogens with zero attached hydrogens (tertiary/aromatic N) is 2. The van der Waals surface area contributed by atoms with Gasteiger partial charge in [-0.1, -0.05) is 124 Å². The molecule has 4 aromatic heterocycles. The average Bonchev–Trinajstić information content (AvgIpc) is 3.92. The SMILES string of the molecule is C=C/C=c1\c(=C)oc2cccc(-c3nc(-c4cccc5oc6ccccc6c45)nc4sc5ccc(-c6ccc7c(c6)C(C)(C)c6ccccc6-7)cc5c34)c12. The zero-order valence-corrected chi connectivity index (χ0v) is 30.6. The zero-order valence-electron chi connectivity index (χ0n) is 29.7. The van der Waals surface area contributed by atoms with Gasteiger partial charge in [-0.15, -0.1) is 11.3 Å². The van der Waals surface area contributed by atoms with Crippen LogP contribution in [-0.2, 0) is 5.41 Å². The molecule has 5 heteroatoms.